The Balaban J connectivity index is -0.0000000625. The van der Waals surface area contributed by atoms with E-state index in [1.54, 1.807) is 0 Å². The minimum absolute atomic E-state index is 0. The third-order valence-corrected chi connectivity index (χ3v) is 0.682. The summed E-state index contributed by atoms with van der Waals surface area (Å²) in [7, 11) is 0. The molecule has 0 aliphatic carbocycles. The van der Waals surface area contributed by atoms with Crippen LogP contribution in [0.25, 0.3) is 0 Å². The van der Waals surface area contributed by atoms with Crippen LogP contribution in [0.4, 0.5) is 0 Å². The molecule has 0 aliphatic heterocycles. The minimum Gasteiger partial charge on any atom is -0.547 e. The molecule has 0 radical (unpaired) electrons. The van der Waals surface area contributed by atoms with Gasteiger partial charge in [0.1, 0.15) is 0 Å². The van der Waals surface area contributed by atoms with Crippen LogP contribution in [0.5, 0.6) is 0 Å². The molecule has 0 amide bonds. The second kappa shape index (κ2) is 15.1. The smallest absolute Gasteiger partial charge is 0.547 e. The van der Waals surface area contributed by atoms with E-state index in [9.17, 15) is 19.8 Å². The van der Waals surface area contributed by atoms with Crippen LogP contribution in [0.15, 0.2) is 0 Å². The average Bonchev–Trinajstić information content (AvgIpc) is 1.88. The molecule has 0 bridgehead atoms. The first-order valence-corrected chi connectivity index (χ1v) is 3.06. The first kappa shape index (κ1) is 25.1. The molecule has 0 saturated heterocycles. The van der Waals surface area contributed by atoms with E-state index in [0.717, 1.165) is 13.8 Å². The van der Waals surface area contributed by atoms with Crippen molar-refractivity contribution >= 4 is 11.9 Å². The number of rotatable bonds is 2. The van der Waals surface area contributed by atoms with Gasteiger partial charge in [0, 0.05) is 0 Å². The number of carboxylic acids is 2. The Morgan fingerprint density at radius 1 is 0.929 bits per heavy atom. The van der Waals surface area contributed by atoms with Gasteiger partial charge in [-0.15, -0.1) is 0 Å². The maximum absolute atomic E-state index is 9.34. The summed E-state index contributed by atoms with van der Waals surface area (Å²) < 4.78 is 0. The monoisotopic (exact) mass is 256 g/mol. The molecular formula is C6H10K2O6. The van der Waals surface area contributed by atoms with Gasteiger partial charge in [-0.3, -0.25) is 0 Å². The number of carbonyl (C=O) groups excluding carboxylic acids is 2. The molecule has 0 aromatic rings. The van der Waals surface area contributed by atoms with Crippen LogP contribution in [0.1, 0.15) is 13.8 Å². The fourth-order valence-electron chi connectivity index (χ4n) is 0. The summed E-state index contributed by atoms with van der Waals surface area (Å²) in [5.74, 6) is -2.87. The zero-order chi connectivity index (χ0) is 10.3. The first-order valence-electron chi connectivity index (χ1n) is 3.06. The molecule has 0 aromatic carbocycles. The van der Waals surface area contributed by atoms with E-state index in [2.05, 4.69) is 0 Å². The predicted molar refractivity (Wildman–Crippen MR) is 33.4 cm³/mol. The number of hydrogen-bond acceptors (Lipinski definition) is 6. The number of carbonyl (C=O) groups is 2. The van der Waals surface area contributed by atoms with Crippen molar-refractivity contribution in [3.05, 3.63) is 0 Å². The number of aliphatic carboxylic acids is 2. The molecule has 6 nitrogen and oxygen atoms in total. The van der Waals surface area contributed by atoms with E-state index in [-0.39, 0.29) is 103 Å². The van der Waals surface area contributed by atoms with Crippen LogP contribution in [-0.2, 0) is 9.59 Å². The van der Waals surface area contributed by atoms with Gasteiger partial charge in [0.2, 0.25) is 0 Å². The van der Waals surface area contributed by atoms with Crippen molar-refractivity contribution in [2.24, 2.45) is 0 Å². The van der Waals surface area contributed by atoms with Crippen molar-refractivity contribution in [2.45, 2.75) is 26.1 Å². The van der Waals surface area contributed by atoms with E-state index in [4.69, 9.17) is 10.2 Å². The van der Waals surface area contributed by atoms with E-state index < -0.39 is 24.1 Å². The summed E-state index contributed by atoms with van der Waals surface area (Å²) in [5.41, 5.74) is 0. The van der Waals surface area contributed by atoms with Crippen molar-refractivity contribution in [2.75, 3.05) is 0 Å². The molecule has 0 aromatic heterocycles. The standard InChI is InChI=1S/2C3H6O3.2K/c2*1-2(4)3(5)6;;/h2*2,4H,1H3,(H,5,6);;/q;;2*+1/p-2. The molecule has 0 spiro atoms. The Bertz CT molecular complexity index is 140. The topological polar surface area (TPSA) is 121 Å². The summed E-state index contributed by atoms with van der Waals surface area (Å²) in [6, 6.07) is 0. The third kappa shape index (κ3) is 23.7. The van der Waals surface area contributed by atoms with Crippen molar-refractivity contribution in [3.8, 4) is 0 Å². The average molecular weight is 256 g/mol. The van der Waals surface area contributed by atoms with Gasteiger partial charge in [-0.05, 0) is 13.8 Å². The van der Waals surface area contributed by atoms with Crippen LogP contribution in [0, 0.1) is 0 Å². The van der Waals surface area contributed by atoms with Gasteiger partial charge in [-0.2, -0.15) is 0 Å². The molecule has 14 heavy (non-hydrogen) atoms. The van der Waals surface area contributed by atoms with Gasteiger partial charge < -0.3 is 30.0 Å². The number of aliphatic hydroxyl groups excluding tert-OH is 2. The van der Waals surface area contributed by atoms with Gasteiger partial charge in [0.25, 0.3) is 0 Å². The summed E-state index contributed by atoms with van der Waals surface area (Å²) >= 11 is 0. The van der Waals surface area contributed by atoms with E-state index in [1.807, 2.05) is 0 Å². The molecule has 0 saturated carbocycles. The Kier molecular flexibility index (Phi) is 27.1. The van der Waals surface area contributed by atoms with Crippen LogP contribution in [-0.4, -0.2) is 34.4 Å². The van der Waals surface area contributed by atoms with Crippen LogP contribution in [0.3, 0.4) is 0 Å². The molecule has 0 heterocycles. The molecule has 8 heteroatoms. The molecule has 2 N–H and O–H groups in total. The first-order chi connectivity index (χ1) is 5.29. The fourth-order valence-corrected chi connectivity index (χ4v) is 0. The van der Waals surface area contributed by atoms with Gasteiger partial charge in [0.05, 0.1) is 24.1 Å². The third-order valence-electron chi connectivity index (χ3n) is 0.682. The maximum atomic E-state index is 9.34. The summed E-state index contributed by atoms with van der Waals surface area (Å²) in [6.07, 6.45) is -2.69. The molecule has 2 unspecified atom stereocenters. The number of hydrogen-bond donors (Lipinski definition) is 2. The second-order valence-electron chi connectivity index (χ2n) is 1.99. The zero-order valence-corrected chi connectivity index (χ0v) is 14.9. The summed E-state index contributed by atoms with van der Waals surface area (Å²) in [5, 5.41) is 34.6. The zero-order valence-electron chi connectivity index (χ0n) is 8.68. The number of carboxylic acid groups (broad SMARTS) is 2. The van der Waals surface area contributed by atoms with Crippen molar-refractivity contribution in [3.63, 3.8) is 0 Å². The van der Waals surface area contributed by atoms with Gasteiger partial charge in [0.15, 0.2) is 0 Å². The SMILES string of the molecule is CC(O)C(=O)[O-].CC(O)C(=O)[O-].[K+].[K+]. The molecule has 2 atom stereocenters. The molecule has 0 aliphatic rings. The Morgan fingerprint density at radius 2 is 1.00 bits per heavy atom. The summed E-state index contributed by atoms with van der Waals surface area (Å²) in [4.78, 5) is 18.7. The van der Waals surface area contributed by atoms with Gasteiger partial charge in [-0.25, -0.2) is 0 Å². The van der Waals surface area contributed by atoms with Crippen molar-refractivity contribution in [1.29, 1.82) is 0 Å². The summed E-state index contributed by atoms with van der Waals surface area (Å²) in [6.45, 7) is 2.27. The van der Waals surface area contributed by atoms with E-state index in [0.29, 0.717) is 0 Å². The van der Waals surface area contributed by atoms with E-state index in [1.165, 1.54) is 0 Å². The van der Waals surface area contributed by atoms with Crippen LogP contribution < -0.4 is 113 Å². The normalized spacial score (nSPS) is 11.7. The molecule has 72 valence electrons. The maximum Gasteiger partial charge on any atom is 1.00 e. The fraction of sp³-hybridized carbons (Fsp3) is 0.667. The Hall–Kier alpha value is 2.13. The quantitative estimate of drug-likeness (QED) is 0.473. The second-order valence-corrected chi connectivity index (χ2v) is 1.99. The van der Waals surface area contributed by atoms with Gasteiger partial charge >= 0.3 is 103 Å². The van der Waals surface area contributed by atoms with Crippen molar-refractivity contribution < 1.29 is 133 Å². The molecule has 0 fully saturated rings. The predicted octanol–water partition coefficient (Wildman–Crippen LogP) is -9.76. The minimum atomic E-state index is -1.44. The van der Waals surface area contributed by atoms with E-state index >= 15 is 0 Å². The van der Waals surface area contributed by atoms with Gasteiger partial charge in [-0.1, -0.05) is 0 Å². The largest absolute Gasteiger partial charge is 1.00 e. The number of aliphatic hydroxyl groups is 2. The molecular weight excluding hydrogens is 246 g/mol. The Morgan fingerprint density at radius 3 is 1.00 bits per heavy atom. The molecule has 0 rings (SSSR count). The van der Waals surface area contributed by atoms with Crippen molar-refractivity contribution in [1.82, 2.24) is 0 Å². The Labute approximate surface area is 167 Å². The van der Waals surface area contributed by atoms with Crippen LogP contribution >= 0.6 is 0 Å². The van der Waals surface area contributed by atoms with Crippen LogP contribution in [0.2, 0.25) is 0 Å².